The zero-order valence-corrected chi connectivity index (χ0v) is 13.0. The van der Waals surface area contributed by atoms with Crippen LogP contribution in [-0.4, -0.2) is 62.5 Å². The lowest BCUT2D eigenvalue weighted by Crippen LogP contribution is -2.37. The Balaban J connectivity index is 2.29. The summed E-state index contributed by atoms with van der Waals surface area (Å²) in [5.74, 6) is 1.10. The van der Waals surface area contributed by atoms with Crippen molar-refractivity contribution in [2.45, 2.75) is 39.0 Å². The van der Waals surface area contributed by atoms with Crippen molar-refractivity contribution in [3.63, 3.8) is 0 Å². The van der Waals surface area contributed by atoms with Crippen molar-refractivity contribution < 1.29 is 4.79 Å². The van der Waals surface area contributed by atoms with Crippen molar-refractivity contribution in [3.05, 3.63) is 0 Å². The Labute approximate surface area is 118 Å². The Morgan fingerprint density at radius 1 is 1.16 bits per heavy atom. The van der Waals surface area contributed by atoms with Gasteiger partial charge in [0.05, 0.1) is 0 Å². The van der Waals surface area contributed by atoms with E-state index in [4.69, 9.17) is 0 Å². The highest BCUT2D eigenvalue weighted by Gasteiger charge is 2.17. The molecule has 4 nitrogen and oxygen atoms in total. The highest BCUT2D eigenvalue weighted by Crippen LogP contribution is 2.18. The summed E-state index contributed by atoms with van der Waals surface area (Å²) in [5, 5.41) is 3.38. The standard InChI is InChI=1S/C15H31N3O/c1-4-11-18(13-12-17(2)3)15(19)6-5-14-7-9-16-10-8-14/h14,16H,4-13H2,1-3H3. The van der Waals surface area contributed by atoms with Gasteiger partial charge in [-0.25, -0.2) is 0 Å². The molecule has 1 fully saturated rings. The maximum atomic E-state index is 12.3. The Hall–Kier alpha value is -0.610. The number of carbonyl (C=O) groups excluding carboxylic acids is 1. The van der Waals surface area contributed by atoms with E-state index >= 15 is 0 Å². The minimum Gasteiger partial charge on any atom is -0.341 e. The monoisotopic (exact) mass is 269 g/mol. The summed E-state index contributed by atoms with van der Waals surface area (Å²) < 4.78 is 0. The van der Waals surface area contributed by atoms with Gasteiger partial charge in [-0.15, -0.1) is 0 Å². The Bertz CT molecular complexity index is 250. The SMILES string of the molecule is CCCN(CCN(C)C)C(=O)CCC1CCNCC1. The van der Waals surface area contributed by atoms with Crippen molar-refractivity contribution in [3.8, 4) is 0 Å². The molecule has 1 aliphatic rings. The Morgan fingerprint density at radius 3 is 2.42 bits per heavy atom. The number of hydrogen-bond donors (Lipinski definition) is 1. The lowest BCUT2D eigenvalue weighted by atomic mass is 9.93. The van der Waals surface area contributed by atoms with Crippen LogP contribution in [0.2, 0.25) is 0 Å². The fourth-order valence-corrected chi connectivity index (χ4v) is 2.61. The molecule has 112 valence electrons. The van der Waals surface area contributed by atoms with Crippen LogP contribution in [0.4, 0.5) is 0 Å². The summed E-state index contributed by atoms with van der Waals surface area (Å²) in [6.45, 7) is 7.11. The van der Waals surface area contributed by atoms with Gasteiger partial charge < -0.3 is 15.1 Å². The number of hydrogen-bond acceptors (Lipinski definition) is 3. The average molecular weight is 269 g/mol. The normalized spacial score (nSPS) is 16.8. The third-order valence-corrected chi connectivity index (χ3v) is 3.89. The van der Waals surface area contributed by atoms with Gasteiger partial charge in [0.2, 0.25) is 5.91 Å². The molecule has 19 heavy (non-hydrogen) atoms. The van der Waals surface area contributed by atoms with E-state index < -0.39 is 0 Å². The van der Waals surface area contributed by atoms with Crippen LogP contribution in [0.5, 0.6) is 0 Å². The molecule has 0 spiro atoms. The molecule has 0 aromatic carbocycles. The van der Waals surface area contributed by atoms with Crippen LogP contribution < -0.4 is 5.32 Å². The number of carbonyl (C=O) groups is 1. The van der Waals surface area contributed by atoms with Crippen molar-refractivity contribution in [2.24, 2.45) is 5.92 Å². The first-order valence-corrected chi connectivity index (χ1v) is 7.76. The fourth-order valence-electron chi connectivity index (χ4n) is 2.61. The van der Waals surface area contributed by atoms with Gasteiger partial charge in [-0.3, -0.25) is 4.79 Å². The predicted molar refractivity (Wildman–Crippen MR) is 80.3 cm³/mol. The van der Waals surface area contributed by atoms with Gasteiger partial charge in [0.15, 0.2) is 0 Å². The predicted octanol–water partition coefficient (Wildman–Crippen LogP) is 1.57. The van der Waals surface area contributed by atoms with Crippen LogP contribution in [0.15, 0.2) is 0 Å². The molecule has 1 heterocycles. The van der Waals surface area contributed by atoms with Crippen molar-refractivity contribution >= 4 is 5.91 Å². The number of amides is 1. The number of likely N-dealkylation sites (N-methyl/N-ethyl adjacent to an activating group) is 1. The first-order chi connectivity index (χ1) is 9.13. The summed E-state index contributed by atoms with van der Waals surface area (Å²) in [5.41, 5.74) is 0. The third kappa shape index (κ3) is 6.92. The highest BCUT2D eigenvalue weighted by atomic mass is 16.2. The van der Waals surface area contributed by atoms with Crippen LogP contribution in [0.1, 0.15) is 39.0 Å². The Morgan fingerprint density at radius 2 is 1.84 bits per heavy atom. The maximum absolute atomic E-state index is 12.3. The lowest BCUT2D eigenvalue weighted by Gasteiger charge is -2.26. The molecule has 1 rings (SSSR count). The van der Waals surface area contributed by atoms with Crippen LogP contribution in [0.25, 0.3) is 0 Å². The first kappa shape index (κ1) is 16.4. The molecular formula is C15H31N3O. The van der Waals surface area contributed by atoms with E-state index in [0.29, 0.717) is 5.91 Å². The zero-order chi connectivity index (χ0) is 14.1. The summed E-state index contributed by atoms with van der Waals surface area (Å²) in [6.07, 6.45) is 5.32. The number of nitrogens with zero attached hydrogens (tertiary/aromatic N) is 2. The van der Waals surface area contributed by atoms with Gasteiger partial charge in [-0.05, 0) is 58.8 Å². The summed E-state index contributed by atoms with van der Waals surface area (Å²) in [7, 11) is 4.12. The van der Waals surface area contributed by atoms with Gasteiger partial charge in [-0.2, -0.15) is 0 Å². The van der Waals surface area contributed by atoms with Gasteiger partial charge in [-0.1, -0.05) is 6.92 Å². The molecule has 0 aromatic rings. The second-order valence-corrected chi connectivity index (χ2v) is 5.92. The summed E-state index contributed by atoms with van der Waals surface area (Å²) in [6, 6.07) is 0. The molecule has 4 heteroatoms. The molecule has 0 radical (unpaired) electrons. The summed E-state index contributed by atoms with van der Waals surface area (Å²) in [4.78, 5) is 16.5. The zero-order valence-electron chi connectivity index (χ0n) is 13.0. The number of rotatable bonds is 8. The molecule has 1 aliphatic heterocycles. The quantitative estimate of drug-likeness (QED) is 0.726. The summed E-state index contributed by atoms with van der Waals surface area (Å²) >= 11 is 0. The fraction of sp³-hybridized carbons (Fsp3) is 0.933. The van der Waals surface area contributed by atoms with Crippen LogP contribution in [0, 0.1) is 5.92 Å². The molecule has 0 atom stereocenters. The molecule has 0 saturated carbocycles. The van der Waals surface area contributed by atoms with E-state index in [0.717, 1.165) is 57.9 Å². The van der Waals surface area contributed by atoms with E-state index in [1.165, 1.54) is 12.8 Å². The third-order valence-electron chi connectivity index (χ3n) is 3.89. The molecule has 0 aliphatic carbocycles. The topological polar surface area (TPSA) is 35.6 Å². The van der Waals surface area contributed by atoms with Gasteiger partial charge in [0.1, 0.15) is 0 Å². The molecule has 0 unspecified atom stereocenters. The van der Waals surface area contributed by atoms with E-state index in [2.05, 4.69) is 31.2 Å². The number of nitrogens with one attached hydrogen (secondary N) is 1. The maximum Gasteiger partial charge on any atom is 0.222 e. The van der Waals surface area contributed by atoms with Crippen molar-refractivity contribution in [1.29, 1.82) is 0 Å². The lowest BCUT2D eigenvalue weighted by molar-refractivity contribution is -0.131. The molecule has 1 amide bonds. The Kier molecular flexibility index (Phi) is 8.07. The van der Waals surface area contributed by atoms with Crippen molar-refractivity contribution in [2.75, 3.05) is 46.8 Å². The van der Waals surface area contributed by atoms with E-state index in [1.54, 1.807) is 0 Å². The van der Waals surface area contributed by atoms with E-state index in [-0.39, 0.29) is 0 Å². The van der Waals surface area contributed by atoms with Gasteiger partial charge >= 0.3 is 0 Å². The largest absolute Gasteiger partial charge is 0.341 e. The minimum absolute atomic E-state index is 0.349. The van der Waals surface area contributed by atoms with Crippen LogP contribution in [-0.2, 0) is 4.79 Å². The minimum atomic E-state index is 0.349. The van der Waals surface area contributed by atoms with E-state index in [1.807, 2.05) is 4.90 Å². The molecular weight excluding hydrogens is 238 g/mol. The molecule has 1 N–H and O–H groups in total. The van der Waals surface area contributed by atoms with Crippen molar-refractivity contribution in [1.82, 2.24) is 15.1 Å². The molecule has 0 aromatic heterocycles. The number of piperidine rings is 1. The second-order valence-electron chi connectivity index (χ2n) is 5.92. The second kappa shape index (κ2) is 9.32. The first-order valence-electron chi connectivity index (χ1n) is 7.76. The average Bonchev–Trinajstić information content (AvgIpc) is 2.41. The smallest absolute Gasteiger partial charge is 0.222 e. The van der Waals surface area contributed by atoms with Crippen LogP contribution >= 0.6 is 0 Å². The van der Waals surface area contributed by atoms with Crippen LogP contribution in [0.3, 0.4) is 0 Å². The molecule has 0 bridgehead atoms. The molecule has 1 saturated heterocycles. The van der Waals surface area contributed by atoms with Gasteiger partial charge in [0, 0.05) is 26.1 Å². The van der Waals surface area contributed by atoms with Gasteiger partial charge in [0.25, 0.3) is 0 Å². The van der Waals surface area contributed by atoms with E-state index in [9.17, 15) is 4.79 Å². The highest BCUT2D eigenvalue weighted by molar-refractivity contribution is 5.76.